The van der Waals surface area contributed by atoms with Crippen molar-refractivity contribution in [1.82, 2.24) is 5.32 Å². The zero-order valence-corrected chi connectivity index (χ0v) is 11.0. The Balaban J connectivity index is 1.86. The van der Waals surface area contributed by atoms with Crippen LogP contribution in [-0.2, 0) is 5.92 Å². The molecule has 4 heteroatoms. The van der Waals surface area contributed by atoms with Gasteiger partial charge in [-0.05, 0) is 25.7 Å². The van der Waals surface area contributed by atoms with Crippen LogP contribution in [-0.4, -0.2) is 18.0 Å². The summed E-state index contributed by atoms with van der Waals surface area (Å²) in [6.45, 7) is -0.297. The minimum Gasteiger partial charge on any atom is -0.308 e. The van der Waals surface area contributed by atoms with Crippen molar-refractivity contribution in [3.8, 4) is 0 Å². The van der Waals surface area contributed by atoms with E-state index in [2.05, 4.69) is 5.32 Å². The van der Waals surface area contributed by atoms with Gasteiger partial charge in [0.25, 0.3) is 5.92 Å². The molecule has 0 aliphatic heterocycles. The van der Waals surface area contributed by atoms with E-state index in [1.807, 2.05) is 0 Å². The van der Waals surface area contributed by atoms with Crippen LogP contribution in [0.25, 0.3) is 0 Å². The molecule has 1 aliphatic rings. The van der Waals surface area contributed by atoms with Crippen LogP contribution in [0, 0.1) is 0 Å². The van der Waals surface area contributed by atoms with Gasteiger partial charge in [-0.1, -0.05) is 30.3 Å². The summed E-state index contributed by atoms with van der Waals surface area (Å²) >= 11 is 5.99. The zero-order chi connectivity index (χ0) is 13.0. The molecule has 1 aromatic carbocycles. The van der Waals surface area contributed by atoms with Crippen molar-refractivity contribution in [2.45, 2.75) is 43.0 Å². The second-order valence-electron chi connectivity index (χ2n) is 4.90. The highest BCUT2D eigenvalue weighted by atomic mass is 35.5. The average molecular weight is 274 g/mol. The topological polar surface area (TPSA) is 12.0 Å². The van der Waals surface area contributed by atoms with E-state index in [-0.39, 0.29) is 23.5 Å². The van der Waals surface area contributed by atoms with Gasteiger partial charge >= 0.3 is 0 Å². The van der Waals surface area contributed by atoms with Crippen LogP contribution >= 0.6 is 11.6 Å². The molecule has 100 valence electrons. The molecule has 0 saturated heterocycles. The second-order valence-corrected chi connectivity index (χ2v) is 5.52. The number of nitrogens with one attached hydrogen (secondary N) is 1. The average Bonchev–Trinajstić information content (AvgIpc) is 2.39. The number of rotatable bonds is 4. The lowest BCUT2D eigenvalue weighted by Crippen LogP contribution is -2.40. The van der Waals surface area contributed by atoms with Crippen LogP contribution in [0.2, 0.25) is 0 Å². The Bertz CT molecular complexity index is 361. The molecule has 0 heterocycles. The largest absolute Gasteiger partial charge is 0.308 e. The highest BCUT2D eigenvalue weighted by molar-refractivity contribution is 6.20. The number of benzene rings is 1. The lowest BCUT2D eigenvalue weighted by atomic mass is 9.94. The minimum absolute atomic E-state index is 0.0727. The normalized spacial score (nSPS) is 25.1. The van der Waals surface area contributed by atoms with Crippen LogP contribution in [0.3, 0.4) is 0 Å². The molecule has 0 atom stereocenters. The first-order chi connectivity index (χ1) is 8.58. The fourth-order valence-corrected chi connectivity index (χ4v) is 2.57. The Hall–Kier alpha value is -0.670. The number of halogens is 3. The summed E-state index contributed by atoms with van der Waals surface area (Å²) in [5, 5.41) is 3.19. The first-order valence-electron chi connectivity index (χ1n) is 6.39. The molecule has 0 radical (unpaired) electrons. The van der Waals surface area contributed by atoms with E-state index in [0.29, 0.717) is 0 Å². The molecule has 1 aliphatic carbocycles. The lowest BCUT2D eigenvalue weighted by Gasteiger charge is -2.28. The van der Waals surface area contributed by atoms with Crippen molar-refractivity contribution < 1.29 is 8.78 Å². The third kappa shape index (κ3) is 3.66. The maximum Gasteiger partial charge on any atom is 0.285 e. The molecule has 1 nitrogen and oxygen atoms in total. The summed E-state index contributed by atoms with van der Waals surface area (Å²) in [6, 6.07) is 8.14. The molecule has 2 rings (SSSR count). The smallest absolute Gasteiger partial charge is 0.285 e. The maximum absolute atomic E-state index is 13.9. The molecule has 1 N–H and O–H groups in total. The molecule has 1 fully saturated rings. The van der Waals surface area contributed by atoms with Gasteiger partial charge in [-0.3, -0.25) is 0 Å². The zero-order valence-electron chi connectivity index (χ0n) is 10.2. The van der Waals surface area contributed by atoms with Crippen molar-refractivity contribution in [3.05, 3.63) is 35.9 Å². The molecule has 1 saturated carbocycles. The van der Waals surface area contributed by atoms with Gasteiger partial charge < -0.3 is 5.32 Å². The molecule has 0 spiro atoms. The Labute approximate surface area is 112 Å². The summed E-state index contributed by atoms with van der Waals surface area (Å²) in [7, 11) is 0. The maximum atomic E-state index is 13.9. The molecule has 1 aromatic rings. The fourth-order valence-electron chi connectivity index (χ4n) is 2.31. The van der Waals surface area contributed by atoms with E-state index in [4.69, 9.17) is 11.6 Å². The van der Waals surface area contributed by atoms with E-state index in [1.165, 1.54) is 12.1 Å². The van der Waals surface area contributed by atoms with Crippen molar-refractivity contribution in [3.63, 3.8) is 0 Å². The van der Waals surface area contributed by atoms with Crippen molar-refractivity contribution in [2.24, 2.45) is 0 Å². The standard InChI is InChI=1S/C14H18ClF2N/c15-12-6-8-13(9-7-12)18-10-14(16,17)11-4-2-1-3-5-11/h1-5,12-13,18H,6-10H2. The monoisotopic (exact) mass is 273 g/mol. The lowest BCUT2D eigenvalue weighted by molar-refractivity contribution is -0.00673. The van der Waals surface area contributed by atoms with Gasteiger partial charge in [0.1, 0.15) is 0 Å². The van der Waals surface area contributed by atoms with Crippen molar-refractivity contribution in [1.29, 1.82) is 0 Å². The number of hydrogen-bond acceptors (Lipinski definition) is 1. The van der Waals surface area contributed by atoms with E-state index in [0.717, 1.165) is 25.7 Å². The first-order valence-corrected chi connectivity index (χ1v) is 6.82. The van der Waals surface area contributed by atoms with Crippen LogP contribution in [0.1, 0.15) is 31.2 Å². The molecule has 0 aromatic heterocycles. The Morgan fingerprint density at radius 2 is 1.72 bits per heavy atom. The minimum atomic E-state index is -2.81. The van der Waals surface area contributed by atoms with E-state index in [1.54, 1.807) is 18.2 Å². The summed E-state index contributed by atoms with van der Waals surface area (Å²) < 4.78 is 27.8. The van der Waals surface area contributed by atoms with Crippen LogP contribution in [0.4, 0.5) is 8.78 Å². The van der Waals surface area contributed by atoms with Gasteiger partial charge in [0.05, 0.1) is 6.54 Å². The van der Waals surface area contributed by atoms with Crippen molar-refractivity contribution >= 4 is 11.6 Å². The van der Waals surface area contributed by atoms with E-state index >= 15 is 0 Å². The Morgan fingerprint density at radius 1 is 1.11 bits per heavy atom. The second kappa shape index (κ2) is 5.98. The summed E-state index contributed by atoms with van der Waals surface area (Å²) in [5.74, 6) is -2.81. The fraction of sp³-hybridized carbons (Fsp3) is 0.571. The van der Waals surface area contributed by atoms with Gasteiger partial charge in [0.15, 0.2) is 0 Å². The van der Waals surface area contributed by atoms with Crippen LogP contribution in [0.15, 0.2) is 30.3 Å². The quantitative estimate of drug-likeness (QED) is 0.820. The SMILES string of the molecule is FC(F)(CNC1CCC(Cl)CC1)c1ccccc1. The molecule has 18 heavy (non-hydrogen) atoms. The molecular weight excluding hydrogens is 256 g/mol. The summed E-state index contributed by atoms with van der Waals surface area (Å²) in [6.07, 6.45) is 3.60. The molecular formula is C14H18ClF2N. The van der Waals surface area contributed by atoms with Gasteiger partial charge in [-0.25, -0.2) is 0 Å². The summed E-state index contributed by atoms with van der Waals surface area (Å²) in [5.41, 5.74) is 0.0727. The summed E-state index contributed by atoms with van der Waals surface area (Å²) in [4.78, 5) is 0. The Kier molecular flexibility index (Phi) is 4.57. The predicted octanol–water partition coefficient (Wildman–Crippen LogP) is 3.92. The predicted molar refractivity (Wildman–Crippen MR) is 70.2 cm³/mol. The van der Waals surface area contributed by atoms with E-state index < -0.39 is 5.92 Å². The van der Waals surface area contributed by atoms with E-state index in [9.17, 15) is 8.78 Å². The third-order valence-corrected chi connectivity index (χ3v) is 3.90. The third-order valence-electron chi connectivity index (χ3n) is 3.47. The van der Waals surface area contributed by atoms with Gasteiger partial charge in [-0.15, -0.1) is 11.6 Å². The Morgan fingerprint density at radius 3 is 2.33 bits per heavy atom. The number of hydrogen-bond donors (Lipinski definition) is 1. The van der Waals surface area contributed by atoms with Gasteiger partial charge in [0.2, 0.25) is 0 Å². The highest BCUT2D eigenvalue weighted by Gasteiger charge is 2.32. The van der Waals surface area contributed by atoms with Gasteiger partial charge in [0, 0.05) is 17.0 Å². The number of alkyl halides is 3. The van der Waals surface area contributed by atoms with Crippen LogP contribution < -0.4 is 5.32 Å². The first kappa shape index (κ1) is 13.8. The van der Waals surface area contributed by atoms with Crippen LogP contribution in [0.5, 0.6) is 0 Å². The van der Waals surface area contributed by atoms with Gasteiger partial charge in [-0.2, -0.15) is 8.78 Å². The highest BCUT2D eigenvalue weighted by Crippen LogP contribution is 2.28. The molecule has 0 amide bonds. The molecule has 0 unspecified atom stereocenters. The van der Waals surface area contributed by atoms with Crippen molar-refractivity contribution in [2.75, 3.05) is 6.54 Å². The molecule has 0 bridgehead atoms.